The number of rotatable bonds is 3. The molecule has 0 fully saturated rings. The minimum atomic E-state index is 0.609. The Hall–Kier alpha value is -1.24. The summed E-state index contributed by atoms with van der Waals surface area (Å²) in [5, 5.41) is 1.37. The van der Waals surface area contributed by atoms with Gasteiger partial charge in [-0.25, -0.2) is 0 Å². The van der Waals surface area contributed by atoms with Crippen LogP contribution in [-0.2, 0) is 6.54 Å². The average Bonchev–Trinajstić information content (AvgIpc) is 2.60. The zero-order valence-corrected chi connectivity index (χ0v) is 10.7. The molecule has 86 valence electrons. The molecule has 0 amide bonds. The summed E-state index contributed by atoms with van der Waals surface area (Å²) < 4.78 is 2.35. The first kappa shape index (κ1) is 11.3. The van der Waals surface area contributed by atoms with Crippen molar-refractivity contribution in [2.24, 2.45) is 5.92 Å². The van der Waals surface area contributed by atoms with Crippen molar-refractivity contribution in [2.75, 3.05) is 0 Å². The third-order valence-electron chi connectivity index (χ3n) is 3.02. The Balaban J connectivity index is 2.42. The van der Waals surface area contributed by atoms with Gasteiger partial charge in [0.15, 0.2) is 0 Å². The molecule has 1 nitrogen and oxygen atoms in total. The second kappa shape index (κ2) is 4.32. The molecule has 1 heteroatoms. The van der Waals surface area contributed by atoms with Gasteiger partial charge in [0.25, 0.3) is 0 Å². The normalized spacial score (nSPS) is 11.9. The number of nitrogens with zero attached hydrogens (tertiary/aromatic N) is 1. The van der Waals surface area contributed by atoms with E-state index in [2.05, 4.69) is 62.7 Å². The highest BCUT2D eigenvalue weighted by Crippen LogP contribution is 2.22. The smallest absolute Gasteiger partial charge is 0.0480 e. The lowest BCUT2D eigenvalue weighted by atomic mass is 10.0. The molecule has 0 spiro atoms. The van der Waals surface area contributed by atoms with E-state index in [9.17, 15) is 0 Å². The summed E-state index contributed by atoms with van der Waals surface area (Å²) in [4.78, 5) is 0. The van der Waals surface area contributed by atoms with Gasteiger partial charge in [-0.05, 0) is 41.0 Å². The maximum atomic E-state index is 2.35. The maximum Gasteiger partial charge on any atom is 0.0480 e. The van der Waals surface area contributed by atoms with Crippen LogP contribution in [0.1, 0.15) is 39.2 Å². The summed E-state index contributed by atoms with van der Waals surface area (Å²) in [5.74, 6) is 1.30. The molecule has 2 aromatic rings. The van der Waals surface area contributed by atoms with Crippen molar-refractivity contribution >= 4 is 10.9 Å². The van der Waals surface area contributed by atoms with Crippen molar-refractivity contribution in [1.82, 2.24) is 4.57 Å². The van der Waals surface area contributed by atoms with Crippen LogP contribution in [0, 0.1) is 5.92 Å². The summed E-state index contributed by atoms with van der Waals surface area (Å²) in [6.07, 6.45) is 2.20. The Morgan fingerprint density at radius 2 is 1.81 bits per heavy atom. The molecule has 16 heavy (non-hydrogen) atoms. The Kier molecular flexibility index (Phi) is 3.04. The van der Waals surface area contributed by atoms with Crippen molar-refractivity contribution < 1.29 is 0 Å². The van der Waals surface area contributed by atoms with Crippen LogP contribution < -0.4 is 0 Å². The lowest BCUT2D eigenvalue weighted by molar-refractivity contribution is 0.535. The third-order valence-corrected chi connectivity index (χ3v) is 3.02. The van der Waals surface area contributed by atoms with Gasteiger partial charge in [-0.1, -0.05) is 33.8 Å². The zero-order chi connectivity index (χ0) is 11.7. The summed E-state index contributed by atoms with van der Waals surface area (Å²) >= 11 is 0. The third kappa shape index (κ3) is 2.13. The zero-order valence-electron chi connectivity index (χ0n) is 10.7. The number of hydrogen-bond donors (Lipinski definition) is 0. The molecule has 0 saturated carbocycles. The summed E-state index contributed by atoms with van der Waals surface area (Å²) in [5.41, 5.74) is 2.79. The Morgan fingerprint density at radius 3 is 2.44 bits per heavy atom. The highest BCUT2D eigenvalue weighted by molar-refractivity contribution is 5.81. The largest absolute Gasteiger partial charge is 0.347 e. The topological polar surface area (TPSA) is 4.93 Å². The molecule has 0 aliphatic carbocycles. The molecule has 0 saturated heterocycles. The average molecular weight is 215 g/mol. The molecule has 0 atom stereocenters. The minimum absolute atomic E-state index is 0.609. The molecular weight excluding hydrogens is 194 g/mol. The Labute approximate surface area is 98.1 Å². The molecule has 1 heterocycles. The van der Waals surface area contributed by atoms with Gasteiger partial charge in [0.1, 0.15) is 0 Å². The second-order valence-electron chi connectivity index (χ2n) is 5.33. The fourth-order valence-corrected chi connectivity index (χ4v) is 2.13. The first-order chi connectivity index (χ1) is 7.58. The lowest BCUT2D eigenvalue weighted by Gasteiger charge is -2.09. The predicted octanol–water partition coefficient (Wildman–Crippen LogP) is 4.42. The lowest BCUT2D eigenvalue weighted by Crippen LogP contribution is -2.02. The quantitative estimate of drug-likeness (QED) is 0.714. The molecule has 0 radical (unpaired) electrons. The van der Waals surface area contributed by atoms with Crippen LogP contribution in [0.5, 0.6) is 0 Å². The van der Waals surface area contributed by atoms with Gasteiger partial charge >= 0.3 is 0 Å². The number of benzene rings is 1. The van der Waals surface area contributed by atoms with Gasteiger partial charge in [-0.3, -0.25) is 0 Å². The van der Waals surface area contributed by atoms with E-state index < -0.39 is 0 Å². The molecule has 0 unspecified atom stereocenters. The summed E-state index contributed by atoms with van der Waals surface area (Å²) in [6, 6.07) is 9.05. The monoisotopic (exact) mass is 215 g/mol. The van der Waals surface area contributed by atoms with Crippen molar-refractivity contribution in [2.45, 2.75) is 40.2 Å². The SMILES string of the molecule is CC(C)Cn1ccc2cc(C(C)C)ccc21. The van der Waals surface area contributed by atoms with Crippen molar-refractivity contribution in [3.05, 3.63) is 36.0 Å². The molecule has 0 bridgehead atoms. The Morgan fingerprint density at radius 1 is 1.06 bits per heavy atom. The number of aromatic nitrogens is 1. The van der Waals surface area contributed by atoms with Crippen LogP contribution >= 0.6 is 0 Å². The van der Waals surface area contributed by atoms with E-state index in [0.717, 1.165) is 6.54 Å². The van der Waals surface area contributed by atoms with Crippen molar-refractivity contribution in [3.63, 3.8) is 0 Å². The maximum absolute atomic E-state index is 2.35. The fraction of sp³-hybridized carbons (Fsp3) is 0.467. The molecule has 0 aliphatic heterocycles. The van der Waals surface area contributed by atoms with Gasteiger partial charge in [0.2, 0.25) is 0 Å². The van der Waals surface area contributed by atoms with Gasteiger partial charge < -0.3 is 4.57 Å². The molecule has 1 aromatic carbocycles. The summed E-state index contributed by atoms with van der Waals surface area (Å²) in [7, 11) is 0. The molecule has 0 aliphatic rings. The van der Waals surface area contributed by atoms with Crippen LogP contribution in [0.4, 0.5) is 0 Å². The van der Waals surface area contributed by atoms with E-state index in [-0.39, 0.29) is 0 Å². The molecular formula is C15H21N. The number of fused-ring (bicyclic) bond motifs is 1. The van der Waals surface area contributed by atoms with Gasteiger partial charge in [0, 0.05) is 18.3 Å². The van der Waals surface area contributed by atoms with Crippen LogP contribution in [0.3, 0.4) is 0 Å². The van der Waals surface area contributed by atoms with Gasteiger partial charge in [-0.15, -0.1) is 0 Å². The van der Waals surface area contributed by atoms with E-state index >= 15 is 0 Å². The van der Waals surface area contributed by atoms with E-state index in [4.69, 9.17) is 0 Å². The predicted molar refractivity (Wildman–Crippen MR) is 70.9 cm³/mol. The molecule has 1 aromatic heterocycles. The Bertz CT molecular complexity index is 477. The standard InChI is InChI=1S/C15H21N/c1-11(2)10-16-8-7-14-9-13(12(3)4)5-6-15(14)16/h5-9,11-12H,10H2,1-4H3. The first-order valence-corrected chi connectivity index (χ1v) is 6.16. The van der Waals surface area contributed by atoms with Crippen LogP contribution in [0.15, 0.2) is 30.5 Å². The molecule has 0 N–H and O–H groups in total. The molecule has 2 rings (SSSR count). The van der Waals surface area contributed by atoms with Crippen molar-refractivity contribution in [3.8, 4) is 0 Å². The van der Waals surface area contributed by atoms with Gasteiger partial charge in [-0.2, -0.15) is 0 Å². The number of hydrogen-bond acceptors (Lipinski definition) is 0. The minimum Gasteiger partial charge on any atom is -0.347 e. The van der Waals surface area contributed by atoms with Crippen LogP contribution in [-0.4, -0.2) is 4.57 Å². The highest BCUT2D eigenvalue weighted by Gasteiger charge is 2.05. The second-order valence-corrected chi connectivity index (χ2v) is 5.33. The first-order valence-electron chi connectivity index (χ1n) is 6.16. The van der Waals surface area contributed by atoms with Gasteiger partial charge in [0.05, 0.1) is 0 Å². The van der Waals surface area contributed by atoms with Crippen molar-refractivity contribution in [1.29, 1.82) is 0 Å². The van der Waals surface area contributed by atoms with Crippen LogP contribution in [0.25, 0.3) is 10.9 Å². The highest BCUT2D eigenvalue weighted by atomic mass is 15.0. The van der Waals surface area contributed by atoms with E-state index in [1.165, 1.54) is 16.5 Å². The summed E-state index contributed by atoms with van der Waals surface area (Å²) in [6.45, 7) is 10.1. The van der Waals surface area contributed by atoms with E-state index in [0.29, 0.717) is 11.8 Å². The fourth-order valence-electron chi connectivity index (χ4n) is 2.13. The van der Waals surface area contributed by atoms with Crippen LogP contribution in [0.2, 0.25) is 0 Å². The van der Waals surface area contributed by atoms with E-state index in [1.807, 2.05) is 0 Å². The van der Waals surface area contributed by atoms with E-state index in [1.54, 1.807) is 0 Å².